The van der Waals surface area contributed by atoms with E-state index in [9.17, 15) is 9.59 Å². The van der Waals surface area contributed by atoms with E-state index in [4.69, 9.17) is 9.84 Å². The molecule has 6 rings (SSSR count). The molecule has 190 valence electrons. The average Bonchev–Trinajstić information content (AvgIpc) is 3.17. The van der Waals surface area contributed by atoms with Crippen LogP contribution >= 0.6 is 0 Å². The maximum absolute atomic E-state index is 12.9. The number of pyridine rings is 1. The molecule has 0 unspecified atom stereocenters. The fourth-order valence-corrected chi connectivity index (χ4v) is 6.21. The Morgan fingerprint density at radius 2 is 2.00 bits per heavy atom. The monoisotopic (exact) mass is 490 g/mol. The van der Waals surface area contributed by atoms with Gasteiger partial charge >= 0.3 is 11.8 Å². The van der Waals surface area contributed by atoms with Crippen molar-refractivity contribution in [3.8, 4) is 5.69 Å². The second kappa shape index (κ2) is 8.44. The molecule has 1 amide bonds. The fraction of sp³-hybridized carbons (Fsp3) is 0.556. The van der Waals surface area contributed by atoms with Gasteiger partial charge in [-0.05, 0) is 65.1 Å². The number of nitrogens with zero attached hydrogens (tertiary/aromatic N) is 5. The average molecular weight is 491 g/mol. The highest BCUT2D eigenvalue weighted by Crippen LogP contribution is 2.51. The maximum Gasteiger partial charge on any atom is 0.410 e. The standard InChI is InChI=1S/C27H34N6O3/c1-26(2,3)36-25(35)32-16-27(17-32)12-20(13-27)31-11-5-7-19(15-31)23-29-24(34)33(30-23)22-8-4-6-18-14-28-10-9-21(18)22/h4,6,8-10,14,19-20H,5,7,11-13,15-17H2,1-3H3,(H,29,30,34)/t19-/m0/s1. The molecule has 2 saturated heterocycles. The number of nitrogens with one attached hydrogen (secondary N) is 1. The molecule has 2 aromatic heterocycles. The zero-order valence-corrected chi connectivity index (χ0v) is 21.2. The van der Waals surface area contributed by atoms with Crippen molar-refractivity contribution >= 4 is 16.9 Å². The van der Waals surface area contributed by atoms with E-state index in [1.807, 2.05) is 49.9 Å². The molecule has 9 heteroatoms. The predicted molar refractivity (Wildman–Crippen MR) is 136 cm³/mol. The summed E-state index contributed by atoms with van der Waals surface area (Å²) in [5.41, 5.74) is 0.373. The number of ether oxygens (including phenoxy) is 1. The van der Waals surface area contributed by atoms with E-state index in [-0.39, 0.29) is 23.1 Å². The first-order valence-corrected chi connectivity index (χ1v) is 12.9. The zero-order valence-electron chi connectivity index (χ0n) is 21.2. The van der Waals surface area contributed by atoms with Crippen molar-refractivity contribution < 1.29 is 9.53 Å². The van der Waals surface area contributed by atoms with Gasteiger partial charge in [0, 0.05) is 60.2 Å². The van der Waals surface area contributed by atoms with Gasteiger partial charge in [0.2, 0.25) is 0 Å². The lowest BCUT2D eigenvalue weighted by molar-refractivity contribution is -0.111. The summed E-state index contributed by atoms with van der Waals surface area (Å²) in [5.74, 6) is 0.977. The molecule has 3 aromatic rings. The van der Waals surface area contributed by atoms with Gasteiger partial charge in [0.1, 0.15) is 11.4 Å². The highest BCUT2D eigenvalue weighted by Gasteiger charge is 2.56. The second-order valence-electron chi connectivity index (χ2n) is 11.8. The normalized spacial score (nSPS) is 22.4. The van der Waals surface area contributed by atoms with Crippen LogP contribution in [-0.4, -0.2) is 73.5 Å². The van der Waals surface area contributed by atoms with Crippen molar-refractivity contribution in [1.29, 1.82) is 0 Å². The van der Waals surface area contributed by atoms with Gasteiger partial charge in [-0.15, -0.1) is 5.10 Å². The molecule has 1 saturated carbocycles. The number of hydrogen-bond acceptors (Lipinski definition) is 6. The van der Waals surface area contributed by atoms with Gasteiger partial charge in [-0.2, -0.15) is 4.68 Å². The van der Waals surface area contributed by atoms with Gasteiger partial charge in [-0.25, -0.2) is 9.59 Å². The molecule has 9 nitrogen and oxygen atoms in total. The number of benzene rings is 1. The first-order chi connectivity index (χ1) is 17.2. The van der Waals surface area contributed by atoms with Gasteiger partial charge in [-0.3, -0.25) is 14.9 Å². The summed E-state index contributed by atoms with van der Waals surface area (Å²) in [4.78, 5) is 36.8. The third-order valence-electron chi connectivity index (χ3n) is 7.92. The van der Waals surface area contributed by atoms with Crippen molar-refractivity contribution in [1.82, 2.24) is 29.5 Å². The number of hydrogen-bond donors (Lipinski definition) is 1. The van der Waals surface area contributed by atoms with E-state index in [0.29, 0.717) is 6.04 Å². The number of fused-ring (bicyclic) bond motifs is 1. The van der Waals surface area contributed by atoms with Crippen LogP contribution in [-0.2, 0) is 4.74 Å². The Balaban J connectivity index is 1.10. The molecular formula is C27H34N6O3. The summed E-state index contributed by atoms with van der Waals surface area (Å²) in [6.45, 7) is 9.30. The number of likely N-dealkylation sites (tertiary alicyclic amines) is 2. The number of carbonyl (C=O) groups is 1. The van der Waals surface area contributed by atoms with Crippen molar-refractivity contribution in [2.45, 2.75) is 64.0 Å². The lowest BCUT2D eigenvalue weighted by atomic mass is 9.60. The number of amides is 1. The highest BCUT2D eigenvalue weighted by molar-refractivity contribution is 5.89. The van der Waals surface area contributed by atoms with Gasteiger partial charge < -0.3 is 9.64 Å². The van der Waals surface area contributed by atoms with Gasteiger partial charge in [0.05, 0.1) is 5.69 Å². The molecule has 3 fully saturated rings. The third kappa shape index (κ3) is 4.19. The Bertz CT molecular complexity index is 1340. The molecule has 4 heterocycles. The molecule has 1 N–H and O–H groups in total. The Hall–Kier alpha value is -3.20. The van der Waals surface area contributed by atoms with Crippen molar-refractivity contribution in [2.24, 2.45) is 5.41 Å². The molecule has 1 aliphatic carbocycles. The van der Waals surface area contributed by atoms with Crippen LogP contribution in [0.15, 0.2) is 41.5 Å². The lowest BCUT2D eigenvalue weighted by Crippen LogP contribution is -2.68. The Kier molecular flexibility index (Phi) is 5.44. The predicted octanol–water partition coefficient (Wildman–Crippen LogP) is 3.69. The summed E-state index contributed by atoms with van der Waals surface area (Å²) in [7, 11) is 0. The minimum atomic E-state index is -0.455. The van der Waals surface area contributed by atoms with Crippen LogP contribution in [0.1, 0.15) is 58.2 Å². The largest absolute Gasteiger partial charge is 0.444 e. The number of piperidine rings is 1. The number of carbonyl (C=O) groups excluding carboxylic acids is 1. The fourth-order valence-electron chi connectivity index (χ4n) is 6.21. The first kappa shape index (κ1) is 23.2. The number of rotatable bonds is 3. The third-order valence-corrected chi connectivity index (χ3v) is 7.92. The van der Waals surface area contributed by atoms with Crippen LogP contribution in [0.2, 0.25) is 0 Å². The summed E-state index contributed by atoms with van der Waals surface area (Å²) in [6, 6.07) is 8.30. The van der Waals surface area contributed by atoms with Crippen LogP contribution < -0.4 is 5.69 Å². The summed E-state index contributed by atoms with van der Waals surface area (Å²) >= 11 is 0. The Morgan fingerprint density at radius 3 is 2.78 bits per heavy atom. The van der Waals surface area contributed by atoms with Crippen molar-refractivity contribution in [2.75, 3.05) is 26.2 Å². The zero-order chi connectivity index (χ0) is 25.1. The Morgan fingerprint density at radius 1 is 1.19 bits per heavy atom. The molecular weight excluding hydrogens is 456 g/mol. The Labute approximate surface area is 210 Å². The first-order valence-electron chi connectivity index (χ1n) is 12.9. The molecule has 0 bridgehead atoms. The molecule has 0 radical (unpaired) electrons. The van der Waals surface area contributed by atoms with Crippen LogP contribution in [0.25, 0.3) is 16.5 Å². The van der Waals surface area contributed by atoms with E-state index >= 15 is 0 Å². The molecule has 2 aliphatic heterocycles. The molecule has 36 heavy (non-hydrogen) atoms. The molecule has 1 aromatic carbocycles. The lowest BCUT2D eigenvalue weighted by Gasteiger charge is -2.61. The van der Waals surface area contributed by atoms with Crippen LogP contribution in [0.3, 0.4) is 0 Å². The van der Waals surface area contributed by atoms with Crippen LogP contribution in [0.5, 0.6) is 0 Å². The molecule has 1 spiro atoms. The van der Waals surface area contributed by atoms with Crippen molar-refractivity contribution in [3.05, 3.63) is 53.0 Å². The van der Waals surface area contributed by atoms with E-state index in [1.165, 1.54) is 4.68 Å². The summed E-state index contributed by atoms with van der Waals surface area (Å²) < 4.78 is 7.01. The van der Waals surface area contributed by atoms with E-state index in [1.54, 1.807) is 12.4 Å². The SMILES string of the molecule is CC(C)(C)OC(=O)N1CC2(CC(N3CCC[C@H](c4nn(-c5cccc6cnccc56)c(=O)[nH]4)C3)C2)C1. The highest BCUT2D eigenvalue weighted by atomic mass is 16.6. The van der Waals surface area contributed by atoms with Crippen molar-refractivity contribution in [3.63, 3.8) is 0 Å². The summed E-state index contributed by atoms with van der Waals surface area (Å²) in [6.07, 6.45) is 7.69. The summed E-state index contributed by atoms with van der Waals surface area (Å²) in [5, 5.41) is 6.69. The molecule has 1 atom stereocenters. The molecule has 3 aliphatic rings. The van der Waals surface area contributed by atoms with Gasteiger partial charge in [0.25, 0.3) is 0 Å². The van der Waals surface area contributed by atoms with Gasteiger partial charge in [-0.1, -0.05) is 12.1 Å². The number of H-pyrrole nitrogens is 1. The smallest absolute Gasteiger partial charge is 0.410 e. The van der Waals surface area contributed by atoms with Gasteiger partial charge in [0.15, 0.2) is 0 Å². The quantitative estimate of drug-likeness (QED) is 0.602. The van der Waals surface area contributed by atoms with E-state index < -0.39 is 5.60 Å². The van der Waals surface area contributed by atoms with E-state index in [0.717, 1.165) is 74.1 Å². The topological polar surface area (TPSA) is 96.3 Å². The van der Waals surface area contributed by atoms with Crippen LogP contribution in [0, 0.1) is 5.41 Å². The number of aromatic amines is 1. The minimum Gasteiger partial charge on any atom is -0.444 e. The van der Waals surface area contributed by atoms with E-state index in [2.05, 4.69) is 14.9 Å². The number of aromatic nitrogens is 4. The second-order valence-corrected chi connectivity index (χ2v) is 11.8. The minimum absolute atomic E-state index is 0.198. The van der Waals surface area contributed by atoms with Crippen LogP contribution in [0.4, 0.5) is 4.79 Å². The maximum atomic E-state index is 12.9.